The summed E-state index contributed by atoms with van der Waals surface area (Å²) < 4.78 is 4.69. The van der Waals surface area contributed by atoms with Crippen LogP contribution in [0.3, 0.4) is 0 Å². The summed E-state index contributed by atoms with van der Waals surface area (Å²) in [6, 6.07) is 0. The first kappa shape index (κ1) is 3.65. The Balaban J connectivity index is 2.63. The molecule has 1 aliphatic rings. The van der Waals surface area contributed by atoms with Gasteiger partial charge in [0.05, 0.1) is 0 Å². The lowest BCUT2D eigenvalue weighted by Crippen LogP contribution is -1.94. The van der Waals surface area contributed by atoms with E-state index in [0.717, 1.165) is 0 Å². The largest absolute Gasteiger partial charge is 0.462 e. The molecule has 6 heavy (non-hydrogen) atoms. The molecule has 0 saturated carbocycles. The molecule has 1 fully saturated rings. The molecule has 1 rings (SSSR count). The normalized spacial score (nSPS) is 26.0. The first-order valence-electron chi connectivity index (χ1n) is 1.91. The Bertz CT molecular complexity index is 95.7. The Labute approximate surface area is 36.6 Å². The summed E-state index contributed by atoms with van der Waals surface area (Å²) >= 11 is 0. The van der Waals surface area contributed by atoms with Gasteiger partial charge in [0.2, 0.25) is 5.90 Å². The van der Waals surface area contributed by atoms with Gasteiger partial charge in [-0.1, -0.05) is 0 Å². The zero-order chi connectivity index (χ0) is 4.78. The Morgan fingerprint density at radius 3 is 1.83 bits per heavy atom. The molecule has 0 spiro atoms. The lowest BCUT2D eigenvalue weighted by atomic mass is 10.2. The van der Waals surface area contributed by atoms with E-state index in [9.17, 15) is 0 Å². The van der Waals surface area contributed by atoms with Crippen LogP contribution < -0.4 is 0 Å². The van der Waals surface area contributed by atoms with Crippen LogP contribution in [0.15, 0.2) is 0 Å². The van der Waals surface area contributed by atoms with Crippen molar-refractivity contribution in [1.29, 1.82) is 5.41 Å². The maximum Gasteiger partial charge on any atom is 0.226 e. The Hall–Kier alpha value is -0.530. The lowest BCUT2D eigenvalue weighted by Gasteiger charge is -1.78. The molecular weight excluding hydrogens is 78.1 g/mol. The lowest BCUT2D eigenvalue weighted by molar-refractivity contribution is 0.363. The van der Waals surface area contributed by atoms with Crippen molar-refractivity contribution in [2.45, 2.75) is 19.4 Å². The third-order valence-corrected chi connectivity index (χ3v) is 0.862. The molecule has 0 atom stereocenters. The minimum Gasteiger partial charge on any atom is -0.462 e. The molecule has 2 nitrogen and oxygen atoms in total. The predicted octanol–water partition coefficient (Wildman–Crippen LogP) is 0.772. The predicted molar refractivity (Wildman–Crippen MR) is 22.9 cm³/mol. The van der Waals surface area contributed by atoms with Crippen molar-refractivity contribution in [3.05, 3.63) is 0 Å². The molecule has 0 aliphatic carbocycles. The first-order chi connectivity index (χ1) is 2.63. The fourth-order valence-electron chi connectivity index (χ4n) is 0.230. The SMILES string of the molecule is CC1(C)OC1=N. The molecule has 34 valence electrons. The zero-order valence-corrected chi connectivity index (χ0v) is 3.91. The van der Waals surface area contributed by atoms with Crippen molar-refractivity contribution in [2.75, 3.05) is 0 Å². The maximum absolute atomic E-state index is 6.79. The van der Waals surface area contributed by atoms with E-state index in [1.807, 2.05) is 13.8 Å². The van der Waals surface area contributed by atoms with Crippen LogP contribution in [0.2, 0.25) is 0 Å². The molecule has 2 heteroatoms. The van der Waals surface area contributed by atoms with Crippen molar-refractivity contribution in [3.63, 3.8) is 0 Å². The van der Waals surface area contributed by atoms with Crippen molar-refractivity contribution in [2.24, 2.45) is 0 Å². The molecule has 0 aromatic heterocycles. The van der Waals surface area contributed by atoms with E-state index >= 15 is 0 Å². The number of hydrogen-bond donors (Lipinski definition) is 1. The topological polar surface area (TPSA) is 36.4 Å². The highest BCUT2D eigenvalue weighted by molar-refractivity contribution is 5.94. The van der Waals surface area contributed by atoms with Crippen LogP contribution in [-0.4, -0.2) is 11.5 Å². The van der Waals surface area contributed by atoms with Gasteiger partial charge in [-0.25, -0.2) is 0 Å². The van der Waals surface area contributed by atoms with Gasteiger partial charge in [0.15, 0.2) is 5.60 Å². The summed E-state index contributed by atoms with van der Waals surface area (Å²) in [6.07, 6.45) is 0. The fourth-order valence-corrected chi connectivity index (χ4v) is 0.230. The van der Waals surface area contributed by atoms with E-state index < -0.39 is 0 Å². The summed E-state index contributed by atoms with van der Waals surface area (Å²) in [5, 5.41) is 6.79. The molecule has 0 unspecified atom stereocenters. The van der Waals surface area contributed by atoms with Gasteiger partial charge < -0.3 is 4.74 Å². The number of rotatable bonds is 0. The quantitative estimate of drug-likeness (QED) is 0.433. The maximum atomic E-state index is 6.79. The van der Waals surface area contributed by atoms with Gasteiger partial charge in [-0.3, -0.25) is 5.41 Å². The van der Waals surface area contributed by atoms with Crippen molar-refractivity contribution < 1.29 is 4.74 Å². The fraction of sp³-hybridized carbons (Fsp3) is 0.750. The van der Waals surface area contributed by atoms with Gasteiger partial charge in [0, 0.05) is 0 Å². The average Bonchev–Trinajstić information content (AvgIpc) is 1.73. The summed E-state index contributed by atoms with van der Waals surface area (Å²) in [5.41, 5.74) is -0.208. The molecule has 1 N–H and O–H groups in total. The molecule has 1 saturated heterocycles. The monoisotopic (exact) mass is 85.1 g/mol. The third-order valence-electron chi connectivity index (χ3n) is 0.862. The van der Waals surface area contributed by atoms with E-state index in [1.54, 1.807) is 0 Å². The highest BCUT2D eigenvalue weighted by Gasteiger charge is 2.43. The summed E-state index contributed by atoms with van der Waals surface area (Å²) in [4.78, 5) is 0. The van der Waals surface area contributed by atoms with Crippen LogP contribution in [0.4, 0.5) is 0 Å². The van der Waals surface area contributed by atoms with Gasteiger partial charge in [0.25, 0.3) is 0 Å². The van der Waals surface area contributed by atoms with E-state index in [0.29, 0.717) is 5.90 Å². The number of epoxide rings is 1. The van der Waals surface area contributed by atoms with E-state index in [4.69, 9.17) is 5.41 Å². The highest BCUT2D eigenvalue weighted by Crippen LogP contribution is 2.26. The summed E-state index contributed by atoms with van der Waals surface area (Å²) in [5.74, 6) is 0.405. The minimum atomic E-state index is -0.208. The van der Waals surface area contributed by atoms with Crippen LogP contribution >= 0.6 is 0 Å². The van der Waals surface area contributed by atoms with Gasteiger partial charge in [-0.2, -0.15) is 0 Å². The van der Waals surface area contributed by atoms with Crippen LogP contribution in [0.25, 0.3) is 0 Å². The third kappa shape index (κ3) is 0.295. The summed E-state index contributed by atoms with van der Waals surface area (Å²) in [7, 11) is 0. The van der Waals surface area contributed by atoms with Crippen LogP contribution in [0.5, 0.6) is 0 Å². The van der Waals surface area contributed by atoms with Crippen LogP contribution in [-0.2, 0) is 4.74 Å². The molecular formula is C4H7NO. The van der Waals surface area contributed by atoms with Gasteiger partial charge in [-0.15, -0.1) is 0 Å². The minimum absolute atomic E-state index is 0.208. The van der Waals surface area contributed by atoms with Crippen molar-refractivity contribution in [3.8, 4) is 0 Å². The van der Waals surface area contributed by atoms with E-state index in [2.05, 4.69) is 4.74 Å². The second-order valence-electron chi connectivity index (χ2n) is 1.94. The summed E-state index contributed by atoms with van der Waals surface area (Å²) in [6.45, 7) is 3.74. The number of ether oxygens (including phenoxy) is 1. The van der Waals surface area contributed by atoms with E-state index in [1.165, 1.54) is 0 Å². The van der Waals surface area contributed by atoms with Gasteiger partial charge >= 0.3 is 0 Å². The van der Waals surface area contributed by atoms with Crippen LogP contribution in [0, 0.1) is 5.41 Å². The molecule has 0 amide bonds. The second-order valence-corrected chi connectivity index (χ2v) is 1.94. The molecule has 0 radical (unpaired) electrons. The molecule has 1 heterocycles. The van der Waals surface area contributed by atoms with Crippen molar-refractivity contribution in [1.82, 2.24) is 0 Å². The molecule has 0 aromatic rings. The second kappa shape index (κ2) is 0.600. The number of hydrogen-bond acceptors (Lipinski definition) is 2. The number of nitrogens with one attached hydrogen (secondary N) is 1. The zero-order valence-electron chi connectivity index (χ0n) is 3.91. The Morgan fingerprint density at radius 2 is 1.83 bits per heavy atom. The standard InChI is InChI=1S/C4H7NO/c1-4(2)3(5)6-4/h5H,1-2H3. The van der Waals surface area contributed by atoms with E-state index in [-0.39, 0.29) is 5.60 Å². The van der Waals surface area contributed by atoms with Gasteiger partial charge in [-0.05, 0) is 13.8 Å². The molecule has 0 bridgehead atoms. The Morgan fingerprint density at radius 1 is 1.67 bits per heavy atom. The first-order valence-corrected chi connectivity index (χ1v) is 1.91. The average molecular weight is 85.1 g/mol. The molecule has 1 aliphatic heterocycles. The highest BCUT2D eigenvalue weighted by atomic mass is 16.6. The van der Waals surface area contributed by atoms with Crippen molar-refractivity contribution >= 4 is 5.90 Å². The van der Waals surface area contributed by atoms with Gasteiger partial charge in [0.1, 0.15) is 0 Å². The van der Waals surface area contributed by atoms with Crippen LogP contribution in [0.1, 0.15) is 13.8 Å². The smallest absolute Gasteiger partial charge is 0.226 e. The molecule has 0 aromatic carbocycles. The Kier molecular flexibility index (Phi) is 0.365.